The van der Waals surface area contributed by atoms with Crippen LogP contribution in [0.5, 0.6) is 5.75 Å². The number of ether oxygens (including phenoxy) is 1. The van der Waals surface area contributed by atoms with Gasteiger partial charge in [0.2, 0.25) is 0 Å². The zero-order valence-electron chi connectivity index (χ0n) is 14.8. The highest BCUT2D eigenvalue weighted by molar-refractivity contribution is 9.10. The first-order valence-corrected chi connectivity index (χ1v) is 9.87. The molecular formula is C21H16Br2N2O3. The van der Waals surface area contributed by atoms with Gasteiger partial charge in [-0.05, 0) is 54.6 Å². The van der Waals surface area contributed by atoms with E-state index >= 15 is 0 Å². The average Bonchev–Trinajstić information content (AvgIpc) is 2.67. The first-order valence-electron chi connectivity index (χ1n) is 8.28. The van der Waals surface area contributed by atoms with Crippen molar-refractivity contribution in [2.75, 3.05) is 17.7 Å². The molecule has 0 aromatic heterocycles. The molecule has 5 nitrogen and oxygen atoms in total. The molecule has 0 saturated heterocycles. The highest BCUT2D eigenvalue weighted by Gasteiger charge is 2.16. The molecule has 2 amide bonds. The van der Waals surface area contributed by atoms with Crippen LogP contribution in [0.1, 0.15) is 20.7 Å². The Balaban J connectivity index is 1.84. The Kier molecular flexibility index (Phi) is 6.49. The summed E-state index contributed by atoms with van der Waals surface area (Å²) in [5.41, 5.74) is 1.89. The van der Waals surface area contributed by atoms with E-state index in [0.29, 0.717) is 22.7 Å². The van der Waals surface area contributed by atoms with Crippen LogP contribution in [0.2, 0.25) is 0 Å². The van der Waals surface area contributed by atoms with Gasteiger partial charge in [-0.25, -0.2) is 0 Å². The Morgan fingerprint density at radius 3 is 1.89 bits per heavy atom. The molecule has 0 radical (unpaired) electrons. The number of nitrogens with one attached hydrogen (secondary N) is 2. The van der Waals surface area contributed by atoms with Crippen LogP contribution in [0.4, 0.5) is 11.4 Å². The second kappa shape index (κ2) is 9.03. The maximum atomic E-state index is 12.7. The second-order valence-corrected chi connectivity index (χ2v) is 7.68. The Bertz CT molecular complexity index is 1040. The van der Waals surface area contributed by atoms with Crippen LogP contribution in [-0.2, 0) is 0 Å². The third-order valence-electron chi connectivity index (χ3n) is 3.87. The van der Waals surface area contributed by atoms with Gasteiger partial charge in [-0.2, -0.15) is 0 Å². The lowest BCUT2D eigenvalue weighted by Crippen LogP contribution is -2.16. The molecule has 3 rings (SSSR count). The van der Waals surface area contributed by atoms with Crippen molar-refractivity contribution < 1.29 is 14.3 Å². The molecule has 0 aliphatic rings. The van der Waals surface area contributed by atoms with Gasteiger partial charge in [0.25, 0.3) is 11.8 Å². The minimum Gasteiger partial charge on any atom is -0.496 e. The third kappa shape index (κ3) is 4.99. The molecule has 0 fully saturated rings. The lowest BCUT2D eigenvalue weighted by Gasteiger charge is -2.12. The zero-order valence-corrected chi connectivity index (χ0v) is 18.0. The van der Waals surface area contributed by atoms with Gasteiger partial charge in [0.05, 0.1) is 12.7 Å². The van der Waals surface area contributed by atoms with Crippen molar-refractivity contribution in [1.82, 2.24) is 0 Å². The van der Waals surface area contributed by atoms with E-state index in [1.807, 2.05) is 24.3 Å². The van der Waals surface area contributed by atoms with E-state index in [9.17, 15) is 9.59 Å². The van der Waals surface area contributed by atoms with Crippen molar-refractivity contribution in [3.8, 4) is 5.75 Å². The SMILES string of the molecule is COc1ccc(C(=O)Nc2cccc(Br)c2)cc1C(=O)Nc1cccc(Br)c1. The number of anilines is 2. The highest BCUT2D eigenvalue weighted by atomic mass is 79.9. The summed E-state index contributed by atoms with van der Waals surface area (Å²) < 4.78 is 6.99. The van der Waals surface area contributed by atoms with Crippen molar-refractivity contribution in [2.45, 2.75) is 0 Å². The molecule has 0 bridgehead atoms. The van der Waals surface area contributed by atoms with E-state index in [1.165, 1.54) is 13.2 Å². The molecule has 3 aromatic rings. The van der Waals surface area contributed by atoms with Crippen LogP contribution in [0.15, 0.2) is 75.7 Å². The van der Waals surface area contributed by atoms with Gasteiger partial charge in [0.15, 0.2) is 0 Å². The summed E-state index contributed by atoms with van der Waals surface area (Å²) >= 11 is 6.74. The van der Waals surface area contributed by atoms with E-state index in [0.717, 1.165) is 8.95 Å². The van der Waals surface area contributed by atoms with Crippen LogP contribution < -0.4 is 15.4 Å². The summed E-state index contributed by atoms with van der Waals surface area (Å²) in [6, 6.07) is 19.2. The third-order valence-corrected chi connectivity index (χ3v) is 4.86. The molecule has 3 aromatic carbocycles. The molecule has 0 unspecified atom stereocenters. The van der Waals surface area contributed by atoms with Crippen molar-refractivity contribution in [2.24, 2.45) is 0 Å². The maximum absolute atomic E-state index is 12.7. The molecule has 0 aliphatic carbocycles. The summed E-state index contributed by atoms with van der Waals surface area (Å²) in [7, 11) is 1.48. The highest BCUT2D eigenvalue weighted by Crippen LogP contribution is 2.24. The molecule has 7 heteroatoms. The fraction of sp³-hybridized carbons (Fsp3) is 0.0476. The number of hydrogen-bond donors (Lipinski definition) is 2. The van der Waals surface area contributed by atoms with E-state index < -0.39 is 0 Å². The van der Waals surface area contributed by atoms with Crippen LogP contribution in [0.25, 0.3) is 0 Å². The zero-order chi connectivity index (χ0) is 20.1. The molecule has 0 spiro atoms. The van der Waals surface area contributed by atoms with Crippen molar-refractivity contribution in [3.63, 3.8) is 0 Å². The fourth-order valence-corrected chi connectivity index (χ4v) is 3.36. The minimum atomic E-state index is -0.368. The van der Waals surface area contributed by atoms with Crippen LogP contribution >= 0.6 is 31.9 Å². The Labute approximate surface area is 179 Å². The van der Waals surface area contributed by atoms with Gasteiger partial charge in [-0.1, -0.05) is 44.0 Å². The summed E-state index contributed by atoms with van der Waals surface area (Å²) in [6.07, 6.45) is 0. The van der Waals surface area contributed by atoms with Crippen LogP contribution in [0.3, 0.4) is 0 Å². The predicted molar refractivity (Wildman–Crippen MR) is 117 cm³/mol. The number of halogens is 2. The largest absolute Gasteiger partial charge is 0.496 e. The smallest absolute Gasteiger partial charge is 0.259 e. The van der Waals surface area contributed by atoms with Crippen molar-refractivity contribution in [3.05, 3.63) is 86.8 Å². The van der Waals surface area contributed by atoms with Gasteiger partial charge in [0.1, 0.15) is 5.75 Å². The van der Waals surface area contributed by atoms with Gasteiger partial charge >= 0.3 is 0 Å². The molecule has 28 heavy (non-hydrogen) atoms. The number of methoxy groups -OCH3 is 1. The first kappa shape index (κ1) is 20.1. The number of carbonyl (C=O) groups excluding carboxylic acids is 2. The van der Waals surface area contributed by atoms with E-state index in [4.69, 9.17) is 4.74 Å². The molecular weight excluding hydrogens is 488 g/mol. The molecule has 142 valence electrons. The van der Waals surface area contributed by atoms with Gasteiger partial charge in [0, 0.05) is 25.9 Å². The first-order chi connectivity index (χ1) is 13.5. The summed E-state index contributed by atoms with van der Waals surface area (Å²) in [5, 5.41) is 5.62. The van der Waals surface area contributed by atoms with Crippen LogP contribution in [0, 0.1) is 0 Å². The number of benzene rings is 3. The topological polar surface area (TPSA) is 67.4 Å². The van der Waals surface area contributed by atoms with Gasteiger partial charge in [-0.3, -0.25) is 9.59 Å². The van der Waals surface area contributed by atoms with E-state index in [1.54, 1.807) is 36.4 Å². The molecule has 0 saturated carbocycles. The normalized spacial score (nSPS) is 10.2. The fourth-order valence-electron chi connectivity index (χ4n) is 2.56. The minimum absolute atomic E-state index is 0.268. The molecule has 0 atom stereocenters. The predicted octanol–water partition coefficient (Wildman–Crippen LogP) is 5.72. The number of hydrogen-bond acceptors (Lipinski definition) is 3. The Hall–Kier alpha value is -2.64. The van der Waals surface area contributed by atoms with E-state index in [2.05, 4.69) is 42.5 Å². The molecule has 2 N–H and O–H groups in total. The van der Waals surface area contributed by atoms with Crippen molar-refractivity contribution in [1.29, 1.82) is 0 Å². The Morgan fingerprint density at radius 2 is 1.36 bits per heavy atom. The van der Waals surface area contributed by atoms with Gasteiger partial charge < -0.3 is 15.4 Å². The lowest BCUT2D eigenvalue weighted by atomic mass is 10.1. The number of amides is 2. The Morgan fingerprint density at radius 1 is 0.786 bits per heavy atom. The van der Waals surface area contributed by atoms with Crippen LogP contribution in [-0.4, -0.2) is 18.9 Å². The van der Waals surface area contributed by atoms with Crippen molar-refractivity contribution >= 4 is 55.0 Å². The van der Waals surface area contributed by atoms with E-state index in [-0.39, 0.29) is 17.4 Å². The number of rotatable bonds is 5. The standard InChI is InChI=1S/C21H16Br2N2O3/c1-28-19-9-8-13(20(26)24-16-6-2-4-14(22)11-16)10-18(19)21(27)25-17-7-3-5-15(23)12-17/h2-12H,1H3,(H,24,26)(H,25,27). The lowest BCUT2D eigenvalue weighted by molar-refractivity contribution is 0.102. The molecule has 0 aliphatic heterocycles. The number of carbonyl (C=O) groups is 2. The maximum Gasteiger partial charge on any atom is 0.259 e. The van der Waals surface area contributed by atoms with Gasteiger partial charge in [-0.15, -0.1) is 0 Å². The molecule has 0 heterocycles. The summed E-state index contributed by atoms with van der Waals surface area (Å²) in [6.45, 7) is 0. The quantitative estimate of drug-likeness (QED) is 0.467. The summed E-state index contributed by atoms with van der Waals surface area (Å²) in [5.74, 6) is -0.309. The average molecular weight is 504 g/mol. The second-order valence-electron chi connectivity index (χ2n) is 5.84. The summed E-state index contributed by atoms with van der Waals surface area (Å²) in [4.78, 5) is 25.3. The monoisotopic (exact) mass is 502 g/mol.